The van der Waals surface area contributed by atoms with E-state index < -0.39 is 0 Å². The molecule has 0 bridgehead atoms. The average molecular weight is 203 g/mol. The van der Waals surface area contributed by atoms with Gasteiger partial charge in [-0.3, -0.25) is 0 Å². The molecular formula is C7H13N3O2S. The topological polar surface area (TPSA) is 74.2 Å². The van der Waals surface area contributed by atoms with Crippen LogP contribution in [0.2, 0.25) is 0 Å². The van der Waals surface area contributed by atoms with Gasteiger partial charge in [-0.15, -0.1) is 10.2 Å². The molecule has 1 aromatic heterocycles. The van der Waals surface area contributed by atoms with E-state index in [0.717, 1.165) is 5.75 Å². The normalized spacial score (nSPS) is 10.6. The Labute approximate surface area is 81.0 Å². The van der Waals surface area contributed by atoms with Crippen LogP contribution in [0.25, 0.3) is 0 Å². The van der Waals surface area contributed by atoms with Crippen LogP contribution in [-0.2, 0) is 4.74 Å². The number of nitrogens with zero attached hydrogens (tertiary/aromatic N) is 2. The second-order valence-electron chi connectivity index (χ2n) is 2.34. The number of aromatic nitrogens is 2. The number of ether oxygens (including phenoxy) is 1. The first-order valence-electron chi connectivity index (χ1n) is 4.03. The van der Waals surface area contributed by atoms with Crippen molar-refractivity contribution in [2.24, 2.45) is 5.73 Å². The highest BCUT2D eigenvalue weighted by atomic mass is 32.2. The first-order valence-corrected chi connectivity index (χ1v) is 5.02. The first-order chi connectivity index (χ1) is 6.33. The largest absolute Gasteiger partial charge is 0.416 e. The summed E-state index contributed by atoms with van der Waals surface area (Å²) in [4.78, 5) is 0. The van der Waals surface area contributed by atoms with Gasteiger partial charge in [0.25, 0.3) is 5.22 Å². The minimum Gasteiger partial charge on any atom is -0.416 e. The molecule has 0 radical (unpaired) electrons. The Balaban J connectivity index is 2.06. The number of aryl methyl sites for hydroxylation is 1. The first kappa shape index (κ1) is 10.5. The summed E-state index contributed by atoms with van der Waals surface area (Å²) in [6, 6.07) is 0. The maximum Gasteiger partial charge on any atom is 0.276 e. The zero-order chi connectivity index (χ0) is 9.52. The van der Waals surface area contributed by atoms with Gasteiger partial charge in [-0.1, -0.05) is 11.8 Å². The molecule has 0 fully saturated rings. The molecule has 0 aromatic carbocycles. The number of rotatable bonds is 6. The smallest absolute Gasteiger partial charge is 0.276 e. The fourth-order valence-electron chi connectivity index (χ4n) is 0.710. The molecule has 6 heteroatoms. The molecule has 74 valence electrons. The van der Waals surface area contributed by atoms with E-state index in [1.165, 1.54) is 11.8 Å². The zero-order valence-electron chi connectivity index (χ0n) is 7.52. The lowest BCUT2D eigenvalue weighted by Gasteiger charge is -1.98. The van der Waals surface area contributed by atoms with Crippen LogP contribution >= 0.6 is 11.8 Å². The van der Waals surface area contributed by atoms with Crippen molar-refractivity contribution >= 4 is 11.8 Å². The summed E-state index contributed by atoms with van der Waals surface area (Å²) < 4.78 is 10.3. The molecule has 0 spiro atoms. The fraction of sp³-hybridized carbons (Fsp3) is 0.714. The summed E-state index contributed by atoms with van der Waals surface area (Å²) in [6.45, 7) is 3.58. The standard InChI is InChI=1S/C7H13N3O2S/c1-6-9-10-7(12-6)13-5-4-11-3-2-8/h2-5,8H2,1H3. The van der Waals surface area contributed by atoms with E-state index in [9.17, 15) is 0 Å². The Morgan fingerprint density at radius 2 is 2.31 bits per heavy atom. The number of hydrogen-bond acceptors (Lipinski definition) is 6. The van der Waals surface area contributed by atoms with Crippen molar-refractivity contribution in [3.8, 4) is 0 Å². The Morgan fingerprint density at radius 1 is 1.46 bits per heavy atom. The molecule has 0 aliphatic heterocycles. The van der Waals surface area contributed by atoms with E-state index in [2.05, 4.69) is 10.2 Å². The molecule has 0 aliphatic rings. The number of hydrogen-bond donors (Lipinski definition) is 1. The molecule has 0 amide bonds. The molecule has 2 N–H and O–H groups in total. The summed E-state index contributed by atoms with van der Waals surface area (Å²) >= 11 is 1.49. The Kier molecular flexibility index (Phi) is 4.81. The van der Waals surface area contributed by atoms with Crippen molar-refractivity contribution < 1.29 is 9.15 Å². The third-order valence-electron chi connectivity index (χ3n) is 1.22. The fourth-order valence-corrected chi connectivity index (χ4v) is 1.36. The van der Waals surface area contributed by atoms with Crippen molar-refractivity contribution in [3.05, 3.63) is 5.89 Å². The highest BCUT2D eigenvalue weighted by Gasteiger charge is 2.01. The second-order valence-corrected chi connectivity index (χ2v) is 3.38. The van der Waals surface area contributed by atoms with E-state index in [4.69, 9.17) is 14.9 Å². The van der Waals surface area contributed by atoms with Gasteiger partial charge in [0.2, 0.25) is 5.89 Å². The van der Waals surface area contributed by atoms with Gasteiger partial charge in [0.15, 0.2) is 0 Å². The molecule has 0 atom stereocenters. The second kappa shape index (κ2) is 5.95. The number of nitrogens with two attached hydrogens (primary N) is 1. The van der Waals surface area contributed by atoms with Crippen LogP contribution in [0.4, 0.5) is 0 Å². The summed E-state index contributed by atoms with van der Waals surface area (Å²) in [7, 11) is 0. The van der Waals surface area contributed by atoms with Gasteiger partial charge >= 0.3 is 0 Å². The van der Waals surface area contributed by atoms with Gasteiger partial charge < -0.3 is 14.9 Å². The molecule has 0 saturated carbocycles. The highest BCUT2D eigenvalue weighted by Crippen LogP contribution is 2.14. The molecule has 0 saturated heterocycles. The molecule has 1 aromatic rings. The minimum absolute atomic E-state index is 0.560. The molecule has 13 heavy (non-hydrogen) atoms. The third kappa shape index (κ3) is 4.25. The Hall–Kier alpha value is -0.590. The predicted octanol–water partition coefficient (Wildman–Crippen LogP) is 0.445. The van der Waals surface area contributed by atoms with E-state index in [-0.39, 0.29) is 0 Å². The van der Waals surface area contributed by atoms with Gasteiger partial charge in [0.05, 0.1) is 13.2 Å². The maximum absolute atomic E-state index is 5.25. The lowest BCUT2D eigenvalue weighted by Crippen LogP contribution is -2.09. The van der Waals surface area contributed by atoms with Gasteiger partial charge in [-0.25, -0.2) is 0 Å². The predicted molar refractivity (Wildman–Crippen MR) is 49.6 cm³/mol. The molecule has 5 nitrogen and oxygen atoms in total. The Morgan fingerprint density at radius 3 is 2.92 bits per heavy atom. The average Bonchev–Trinajstić information content (AvgIpc) is 2.51. The van der Waals surface area contributed by atoms with Gasteiger partial charge in [0, 0.05) is 19.2 Å². The van der Waals surface area contributed by atoms with Crippen molar-refractivity contribution in [3.63, 3.8) is 0 Å². The van der Waals surface area contributed by atoms with Gasteiger partial charge in [-0.05, 0) is 0 Å². The lowest BCUT2D eigenvalue weighted by molar-refractivity contribution is 0.158. The van der Waals surface area contributed by atoms with Crippen LogP contribution in [0.3, 0.4) is 0 Å². The van der Waals surface area contributed by atoms with E-state index >= 15 is 0 Å². The monoisotopic (exact) mass is 203 g/mol. The number of thioether (sulfide) groups is 1. The van der Waals surface area contributed by atoms with Crippen molar-refractivity contribution in [2.45, 2.75) is 12.1 Å². The van der Waals surface area contributed by atoms with Crippen LogP contribution in [-0.4, -0.2) is 35.7 Å². The molecule has 1 heterocycles. The third-order valence-corrected chi connectivity index (χ3v) is 2.01. The van der Waals surface area contributed by atoms with Crippen LogP contribution in [0.1, 0.15) is 5.89 Å². The summed E-state index contributed by atoms with van der Waals surface area (Å²) in [5, 5.41) is 8.12. The van der Waals surface area contributed by atoms with Crippen LogP contribution < -0.4 is 5.73 Å². The van der Waals surface area contributed by atoms with Gasteiger partial charge in [-0.2, -0.15) is 0 Å². The lowest BCUT2D eigenvalue weighted by atomic mass is 10.7. The van der Waals surface area contributed by atoms with E-state index in [1.54, 1.807) is 6.92 Å². The zero-order valence-corrected chi connectivity index (χ0v) is 8.34. The van der Waals surface area contributed by atoms with Crippen molar-refractivity contribution in [1.29, 1.82) is 0 Å². The van der Waals surface area contributed by atoms with Crippen LogP contribution in [0.15, 0.2) is 9.64 Å². The molecular weight excluding hydrogens is 190 g/mol. The van der Waals surface area contributed by atoms with Crippen molar-refractivity contribution in [2.75, 3.05) is 25.5 Å². The van der Waals surface area contributed by atoms with Crippen LogP contribution in [0, 0.1) is 6.92 Å². The quantitative estimate of drug-likeness (QED) is 0.534. The highest BCUT2D eigenvalue weighted by molar-refractivity contribution is 7.99. The van der Waals surface area contributed by atoms with Gasteiger partial charge in [0.1, 0.15) is 0 Å². The Bertz CT molecular complexity index is 241. The van der Waals surface area contributed by atoms with Crippen LogP contribution in [0.5, 0.6) is 0 Å². The van der Waals surface area contributed by atoms with E-state index in [1.807, 2.05) is 0 Å². The molecule has 0 unspecified atom stereocenters. The maximum atomic E-state index is 5.25. The minimum atomic E-state index is 0.560. The molecule has 1 rings (SSSR count). The van der Waals surface area contributed by atoms with E-state index in [0.29, 0.717) is 30.9 Å². The summed E-state index contributed by atoms with van der Waals surface area (Å²) in [6.07, 6.45) is 0. The van der Waals surface area contributed by atoms with Crippen molar-refractivity contribution in [1.82, 2.24) is 10.2 Å². The summed E-state index contributed by atoms with van der Waals surface area (Å²) in [5.41, 5.74) is 5.25. The summed E-state index contributed by atoms with van der Waals surface area (Å²) in [5.74, 6) is 1.40. The molecule has 0 aliphatic carbocycles. The SMILES string of the molecule is Cc1nnc(SCCOCCN)o1.